The van der Waals surface area contributed by atoms with Gasteiger partial charge in [-0.05, 0) is 95.7 Å². The Balaban J connectivity index is 1.97. The summed E-state index contributed by atoms with van der Waals surface area (Å²) in [7, 11) is 1.59. The topological polar surface area (TPSA) is 71.1 Å². The quantitative estimate of drug-likeness (QED) is 0.166. The number of esters is 1. The third-order valence-electron chi connectivity index (χ3n) is 7.46. The van der Waals surface area contributed by atoms with E-state index in [1.54, 1.807) is 31.4 Å². The fourth-order valence-electron chi connectivity index (χ4n) is 5.69. The number of unbranched alkanes of at least 4 members (excludes halogenated alkanes) is 2. The lowest BCUT2D eigenvalue weighted by Gasteiger charge is -2.40. The summed E-state index contributed by atoms with van der Waals surface area (Å²) in [5.41, 5.74) is 4.09. The molecule has 210 valence electrons. The number of methoxy groups -OCH3 is 1. The second-order valence-electron chi connectivity index (χ2n) is 11.1. The van der Waals surface area contributed by atoms with Gasteiger partial charge in [0.15, 0.2) is 0 Å². The minimum absolute atomic E-state index is 0.0303. The highest BCUT2D eigenvalue weighted by molar-refractivity contribution is 5.97. The molecular formula is C33H42O6. The van der Waals surface area contributed by atoms with Gasteiger partial charge in [-0.15, -0.1) is 0 Å². The largest absolute Gasteiger partial charge is 0.497 e. The monoisotopic (exact) mass is 534 g/mol. The SMILES string of the molecule is CCCCCc1cc(OC(C)C)c(C2C=C(C)CCC2)c2c1C(=O)OC(CC(C)=O)(c1ccc(OC)cc1)O2. The van der Waals surface area contributed by atoms with Crippen molar-refractivity contribution in [2.45, 2.75) is 104 Å². The van der Waals surface area contributed by atoms with Gasteiger partial charge in [0.2, 0.25) is 0 Å². The Bertz CT molecular complexity index is 1230. The number of cyclic esters (lactones) is 1. The Kier molecular flexibility index (Phi) is 9.04. The van der Waals surface area contributed by atoms with E-state index in [1.807, 2.05) is 19.9 Å². The van der Waals surface area contributed by atoms with Crippen molar-refractivity contribution < 1.29 is 28.5 Å². The molecule has 0 spiro atoms. The lowest BCUT2D eigenvalue weighted by molar-refractivity contribution is -0.172. The summed E-state index contributed by atoms with van der Waals surface area (Å²) in [6, 6.07) is 9.18. The first-order valence-electron chi connectivity index (χ1n) is 14.3. The molecule has 0 saturated heterocycles. The van der Waals surface area contributed by atoms with Crippen LogP contribution in [0.4, 0.5) is 0 Å². The maximum absolute atomic E-state index is 14.0. The Morgan fingerprint density at radius 1 is 1.15 bits per heavy atom. The van der Waals surface area contributed by atoms with Gasteiger partial charge < -0.3 is 18.9 Å². The van der Waals surface area contributed by atoms with Crippen molar-refractivity contribution in [2.24, 2.45) is 0 Å². The van der Waals surface area contributed by atoms with E-state index in [0.29, 0.717) is 29.0 Å². The minimum atomic E-state index is -1.58. The average Bonchev–Trinajstić information content (AvgIpc) is 2.88. The van der Waals surface area contributed by atoms with Crippen LogP contribution in [0.25, 0.3) is 0 Å². The van der Waals surface area contributed by atoms with Crippen molar-refractivity contribution >= 4 is 11.8 Å². The van der Waals surface area contributed by atoms with Crippen molar-refractivity contribution in [2.75, 3.05) is 7.11 Å². The molecule has 2 unspecified atom stereocenters. The first-order valence-corrected chi connectivity index (χ1v) is 14.3. The number of carbonyl (C=O) groups excluding carboxylic acids is 2. The number of aryl methyl sites for hydroxylation is 1. The van der Waals surface area contributed by atoms with E-state index in [1.165, 1.54) is 12.5 Å². The predicted octanol–water partition coefficient (Wildman–Crippen LogP) is 7.81. The van der Waals surface area contributed by atoms with Gasteiger partial charge in [-0.2, -0.15) is 0 Å². The first-order chi connectivity index (χ1) is 18.7. The van der Waals surface area contributed by atoms with Gasteiger partial charge in [-0.1, -0.05) is 31.4 Å². The number of ketones is 1. The van der Waals surface area contributed by atoms with Gasteiger partial charge in [0.05, 0.1) is 19.6 Å². The van der Waals surface area contributed by atoms with Gasteiger partial charge in [0.25, 0.3) is 5.79 Å². The summed E-state index contributed by atoms with van der Waals surface area (Å²) in [6.07, 6.45) is 8.91. The molecule has 4 rings (SSSR count). The first kappa shape index (κ1) is 28.7. The number of benzene rings is 2. The molecule has 0 bridgehead atoms. The van der Waals surface area contributed by atoms with Gasteiger partial charge in [0, 0.05) is 17.0 Å². The highest BCUT2D eigenvalue weighted by Gasteiger charge is 2.48. The van der Waals surface area contributed by atoms with Crippen LogP contribution in [0, 0.1) is 0 Å². The van der Waals surface area contributed by atoms with Gasteiger partial charge in [-0.25, -0.2) is 4.79 Å². The van der Waals surface area contributed by atoms with E-state index in [9.17, 15) is 9.59 Å². The lowest BCUT2D eigenvalue weighted by atomic mass is 9.82. The molecule has 6 heteroatoms. The van der Waals surface area contributed by atoms with Crippen LogP contribution >= 0.6 is 0 Å². The predicted molar refractivity (Wildman–Crippen MR) is 152 cm³/mol. The molecule has 2 aliphatic rings. The van der Waals surface area contributed by atoms with E-state index in [0.717, 1.165) is 55.4 Å². The summed E-state index contributed by atoms with van der Waals surface area (Å²) < 4.78 is 24.7. The molecule has 2 aromatic carbocycles. The average molecular weight is 535 g/mol. The van der Waals surface area contributed by atoms with Crippen LogP contribution in [0.1, 0.15) is 113 Å². The third-order valence-corrected chi connectivity index (χ3v) is 7.46. The molecule has 0 amide bonds. The Morgan fingerprint density at radius 2 is 1.90 bits per heavy atom. The number of allylic oxidation sites excluding steroid dienone is 2. The van der Waals surface area contributed by atoms with Crippen molar-refractivity contribution in [1.29, 1.82) is 0 Å². The highest BCUT2D eigenvalue weighted by atomic mass is 16.7. The van der Waals surface area contributed by atoms with Crippen LogP contribution in [0.5, 0.6) is 17.2 Å². The zero-order valence-corrected chi connectivity index (χ0v) is 24.2. The molecule has 1 aliphatic heterocycles. The maximum atomic E-state index is 14.0. The van der Waals surface area contributed by atoms with Gasteiger partial charge in [-0.3, -0.25) is 4.79 Å². The molecule has 2 atom stereocenters. The Hall–Kier alpha value is -3.28. The molecule has 0 fully saturated rings. The fraction of sp³-hybridized carbons (Fsp3) is 0.515. The smallest absolute Gasteiger partial charge is 0.345 e. The van der Waals surface area contributed by atoms with Gasteiger partial charge >= 0.3 is 5.97 Å². The van der Waals surface area contributed by atoms with E-state index in [-0.39, 0.29) is 24.2 Å². The van der Waals surface area contributed by atoms with Crippen LogP contribution < -0.4 is 14.2 Å². The van der Waals surface area contributed by atoms with Gasteiger partial charge in [0.1, 0.15) is 28.6 Å². The lowest BCUT2D eigenvalue weighted by Crippen LogP contribution is -2.44. The van der Waals surface area contributed by atoms with E-state index in [2.05, 4.69) is 19.9 Å². The number of rotatable bonds is 11. The molecule has 1 heterocycles. The molecule has 0 saturated carbocycles. The normalized spacial score (nSPS) is 20.5. The zero-order valence-electron chi connectivity index (χ0n) is 24.2. The van der Waals surface area contributed by atoms with Crippen LogP contribution in [-0.4, -0.2) is 25.0 Å². The van der Waals surface area contributed by atoms with E-state index >= 15 is 0 Å². The number of fused-ring (bicyclic) bond motifs is 1. The molecular weight excluding hydrogens is 492 g/mol. The second kappa shape index (κ2) is 12.3. The van der Waals surface area contributed by atoms with Crippen LogP contribution in [-0.2, 0) is 21.7 Å². The maximum Gasteiger partial charge on any atom is 0.345 e. The summed E-state index contributed by atoms with van der Waals surface area (Å²) in [5.74, 6) is -0.266. The third kappa shape index (κ3) is 6.32. The number of ether oxygens (including phenoxy) is 4. The fourth-order valence-corrected chi connectivity index (χ4v) is 5.69. The van der Waals surface area contributed by atoms with Crippen LogP contribution in [0.3, 0.4) is 0 Å². The second-order valence-corrected chi connectivity index (χ2v) is 11.1. The Labute approximate surface area is 232 Å². The number of carbonyl (C=O) groups is 2. The highest BCUT2D eigenvalue weighted by Crippen LogP contribution is 2.51. The minimum Gasteiger partial charge on any atom is -0.497 e. The molecule has 1 aliphatic carbocycles. The zero-order chi connectivity index (χ0) is 28.2. The molecule has 0 N–H and O–H groups in total. The molecule has 0 aromatic heterocycles. The molecule has 0 radical (unpaired) electrons. The van der Waals surface area contributed by atoms with Crippen molar-refractivity contribution in [3.8, 4) is 17.2 Å². The number of hydrogen-bond acceptors (Lipinski definition) is 6. The summed E-state index contributed by atoms with van der Waals surface area (Å²) in [6.45, 7) is 9.81. The van der Waals surface area contributed by atoms with Crippen LogP contribution in [0.2, 0.25) is 0 Å². The molecule has 6 nitrogen and oxygen atoms in total. The molecule has 39 heavy (non-hydrogen) atoms. The standard InChI is InChI=1S/C33H42O6/c1-7-8-9-12-25-19-28(37-21(2)3)29(24-13-10-11-22(4)18-24)31-30(25)32(35)39-33(38-31,20-23(5)34)26-14-16-27(36-6)17-15-26/h14-19,21,24H,7-13,20H2,1-6H3. The summed E-state index contributed by atoms with van der Waals surface area (Å²) in [4.78, 5) is 26.6. The molecule has 2 aromatic rings. The summed E-state index contributed by atoms with van der Waals surface area (Å²) in [5, 5.41) is 0. The van der Waals surface area contributed by atoms with Crippen molar-refractivity contribution in [1.82, 2.24) is 0 Å². The van der Waals surface area contributed by atoms with E-state index in [4.69, 9.17) is 18.9 Å². The summed E-state index contributed by atoms with van der Waals surface area (Å²) >= 11 is 0. The number of hydrogen-bond donors (Lipinski definition) is 0. The van der Waals surface area contributed by atoms with Crippen molar-refractivity contribution in [3.63, 3.8) is 0 Å². The van der Waals surface area contributed by atoms with E-state index < -0.39 is 11.8 Å². The van der Waals surface area contributed by atoms with Crippen molar-refractivity contribution in [3.05, 3.63) is 64.2 Å². The van der Waals surface area contributed by atoms with Crippen LogP contribution in [0.15, 0.2) is 42.0 Å². The Morgan fingerprint density at radius 3 is 2.51 bits per heavy atom. The number of Topliss-reactive ketones (excluding diaryl/α,β-unsaturated/α-hetero) is 1.